The number of amides is 1. The minimum Gasteiger partial charge on any atom is -0.352 e. The van der Waals surface area contributed by atoms with Crippen LogP contribution < -0.4 is 5.32 Å². The smallest absolute Gasteiger partial charge is 0.251 e. The molecule has 0 aliphatic rings. The first-order valence-corrected chi connectivity index (χ1v) is 11.7. The topological polar surface area (TPSA) is 83.6 Å². The number of aromatic amines is 1. The summed E-state index contributed by atoms with van der Waals surface area (Å²) in [5.41, 5.74) is 3.08. The maximum Gasteiger partial charge on any atom is 0.251 e. The molecule has 0 spiro atoms. The Kier molecular flexibility index (Phi) is 6.69. The predicted octanol–water partition coefficient (Wildman–Crippen LogP) is 5.98. The Bertz CT molecular complexity index is 1540. The number of halogens is 3. The number of aromatic nitrogens is 4. The second-order valence-corrected chi connectivity index (χ2v) is 8.56. The molecular weight excluding hydrogens is 484 g/mol. The van der Waals surface area contributed by atoms with E-state index in [1.807, 2.05) is 0 Å². The zero-order chi connectivity index (χ0) is 25.1. The number of fused-ring (bicyclic) bond motifs is 1. The molecule has 6 nitrogen and oxygen atoms in total. The van der Waals surface area contributed by atoms with Crippen LogP contribution in [0.2, 0.25) is 5.02 Å². The fourth-order valence-corrected chi connectivity index (χ4v) is 4.07. The summed E-state index contributed by atoms with van der Waals surface area (Å²) in [5.74, 6) is -0.251. The Hall–Kier alpha value is -4.17. The van der Waals surface area contributed by atoms with Crippen LogP contribution in [-0.4, -0.2) is 32.4 Å². The number of nitrogens with zero attached hydrogens (tertiary/aromatic N) is 3. The van der Waals surface area contributed by atoms with Crippen LogP contribution in [0.3, 0.4) is 0 Å². The summed E-state index contributed by atoms with van der Waals surface area (Å²) >= 11 is 6.39. The molecule has 180 valence electrons. The van der Waals surface area contributed by atoms with Gasteiger partial charge >= 0.3 is 0 Å². The van der Waals surface area contributed by atoms with Crippen molar-refractivity contribution < 1.29 is 13.6 Å². The molecule has 0 fully saturated rings. The van der Waals surface area contributed by atoms with Gasteiger partial charge in [-0.3, -0.25) is 4.79 Å². The molecule has 0 atom stereocenters. The highest BCUT2D eigenvalue weighted by atomic mass is 35.5. The largest absolute Gasteiger partial charge is 0.352 e. The molecule has 0 radical (unpaired) electrons. The van der Waals surface area contributed by atoms with Crippen LogP contribution >= 0.6 is 11.6 Å². The van der Waals surface area contributed by atoms with Crippen molar-refractivity contribution in [1.82, 2.24) is 25.3 Å². The lowest BCUT2D eigenvalue weighted by atomic mass is 10.0. The molecule has 1 amide bonds. The number of imidazole rings is 1. The number of nitrogens with one attached hydrogen (secondary N) is 2. The first kappa shape index (κ1) is 23.6. The third kappa shape index (κ3) is 5.08. The average Bonchev–Trinajstić information content (AvgIpc) is 3.41. The highest BCUT2D eigenvalue weighted by Crippen LogP contribution is 2.35. The van der Waals surface area contributed by atoms with E-state index < -0.39 is 11.6 Å². The molecule has 5 rings (SSSR count). The molecular formula is C27H20ClF2N5O. The van der Waals surface area contributed by atoms with Crippen LogP contribution in [0.15, 0.2) is 73.1 Å². The summed E-state index contributed by atoms with van der Waals surface area (Å²) in [6, 6.07) is 14.8. The van der Waals surface area contributed by atoms with Crippen LogP contribution in [0, 0.1) is 11.6 Å². The number of carbonyl (C=O) groups excluding carboxylic acids is 1. The summed E-state index contributed by atoms with van der Waals surface area (Å²) in [6.07, 6.45) is 4.91. The van der Waals surface area contributed by atoms with Crippen LogP contribution in [0.5, 0.6) is 0 Å². The van der Waals surface area contributed by atoms with Gasteiger partial charge < -0.3 is 10.3 Å². The Morgan fingerprint density at radius 2 is 1.69 bits per heavy atom. The van der Waals surface area contributed by atoms with E-state index >= 15 is 0 Å². The van der Waals surface area contributed by atoms with Crippen LogP contribution in [0.25, 0.3) is 33.5 Å². The third-order valence-corrected chi connectivity index (χ3v) is 5.99. The van der Waals surface area contributed by atoms with Crippen molar-refractivity contribution in [3.05, 3.63) is 101 Å². The monoisotopic (exact) mass is 503 g/mol. The number of H-pyrrole nitrogens is 1. The van der Waals surface area contributed by atoms with Gasteiger partial charge in [0.05, 0.1) is 27.4 Å². The zero-order valence-electron chi connectivity index (χ0n) is 18.9. The van der Waals surface area contributed by atoms with Crippen molar-refractivity contribution in [3.63, 3.8) is 0 Å². The van der Waals surface area contributed by atoms with Crippen molar-refractivity contribution in [2.75, 3.05) is 6.54 Å². The minimum atomic E-state index is -0.482. The van der Waals surface area contributed by atoms with Crippen molar-refractivity contribution in [2.45, 2.75) is 12.8 Å². The van der Waals surface area contributed by atoms with E-state index in [0.29, 0.717) is 50.7 Å². The molecule has 0 aliphatic heterocycles. The van der Waals surface area contributed by atoms with Crippen molar-refractivity contribution in [2.24, 2.45) is 0 Å². The minimum absolute atomic E-state index is 0.244. The van der Waals surface area contributed by atoms with Gasteiger partial charge in [0.2, 0.25) is 0 Å². The molecule has 2 aromatic heterocycles. The number of hydrogen-bond acceptors (Lipinski definition) is 4. The molecule has 5 aromatic rings. The quantitative estimate of drug-likeness (QED) is 0.268. The van der Waals surface area contributed by atoms with E-state index in [1.165, 1.54) is 30.3 Å². The van der Waals surface area contributed by atoms with E-state index in [-0.39, 0.29) is 5.91 Å². The molecule has 9 heteroatoms. The summed E-state index contributed by atoms with van der Waals surface area (Å²) < 4.78 is 27.7. The van der Waals surface area contributed by atoms with E-state index in [1.54, 1.807) is 42.7 Å². The number of carbonyl (C=O) groups is 1. The molecule has 2 N–H and O–H groups in total. The summed E-state index contributed by atoms with van der Waals surface area (Å²) in [5, 5.41) is 3.19. The maximum absolute atomic E-state index is 14.1. The standard InChI is InChI=1S/C27H20ClF2N5O/c28-21-9-8-19(30)15-20(21)26-25(16-3-6-18(29)7-4-16)34-22-10-5-17(14-23(22)35-26)27(36)33-11-1-2-24-31-12-13-32-24/h3-10,12-15H,1-2,11H2,(H,31,32)(H,33,36). The molecule has 0 saturated heterocycles. The van der Waals surface area contributed by atoms with Gasteiger partial charge in [-0.2, -0.15) is 0 Å². The first-order valence-electron chi connectivity index (χ1n) is 11.3. The zero-order valence-corrected chi connectivity index (χ0v) is 19.7. The van der Waals surface area contributed by atoms with Crippen LogP contribution in [0.1, 0.15) is 22.6 Å². The fourth-order valence-electron chi connectivity index (χ4n) is 3.87. The van der Waals surface area contributed by atoms with E-state index in [0.717, 1.165) is 18.7 Å². The van der Waals surface area contributed by atoms with Gasteiger partial charge in [0.25, 0.3) is 5.91 Å². The lowest BCUT2D eigenvalue weighted by Crippen LogP contribution is -2.24. The van der Waals surface area contributed by atoms with Gasteiger partial charge in [-0.15, -0.1) is 0 Å². The van der Waals surface area contributed by atoms with Gasteiger partial charge in [0, 0.05) is 42.0 Å². The van der Waals surface area contributed by atoms with Gasteiger partial charge in [-0.05, 0) is 67.1 Å². The van der Waals surface area contributed by atoms with Gasteiger partial charge in [-0.25, -0.2) is 23.7 Å². The first-order chi connectivity index (χ1) is 17.5. The molecule has 0 bridgehead atoms. The Morgan fingerprint density at radius 3 is 2.47 bits per heavy atom. The fraction of sp³-hybridized carbons (Fsp3) is 0.111. The Morgan fingerprint density at radius 1 is 0.917 bits per heavy atom. The molecule has 0 unspecified atom stereocenters. The average molecular weight is 504 g/mol. The SMILES string of the molecule is O=C(NCCCc1ncc[nH]1)c1ccc2nc(-c3ccc(F)cc3)c(-c3cc(F)ccc3Cl)nc2c1. The van der Waals surface area contributed by atoms with Gasteiger partial charge in [0.1, 0.15) is 17.5 Å². The third-order valence-electron chi connectivity index (χ3n) is 5.66. The highest BCUT2D eigenvalue weighted by Gasteiger charge is 2.18. The molecule has 2 heterocycles. The predicted molar refractivity (Wildman–Crippen MR) is 135 cm³/mol. The maximum atomic E-state index is 14.1. The normalized spacial score (nSPS) is 11.1. The lowest BCUT2D eigenvalue weighted by molar-refractivity contribution is 0.0953. The highest BCUT2D eigenvalue weighted by molar-refractivity contribution is 6.33. The van der Waals surface area contributed by atoms with Crippen LogP contribution in [-0.2, 0) is 6.42 Å². The molecule has 36 heavy (non-hydrogen) atoms. The molecule has 3 aromatic carbocycles. The van der Waals surface area contributed by atoms with E-state index in [4.69, 9.17) is 21.6 Å². The summed E-state index contributed by atoms with van der Waals surface area (Å²) in [4.78, 5) is 29.4. The van der Waals surface area contributed by atoms with Crippen molar-refractivity contribution in [3.8, 4) is 22.5 Å². The molecule has 0 saturated carbocycles. The number of hydrogen-bond donors (Lipinski definition) is 2. The second kappa shape index (κ2) is 10.2. The lowest BCUT2D eigenvalue weighted by Gasteiger charge is -2.13. The number of benzene rings is 3. The second-order valence-electron chi connectivity index (χ2n) is 8.15. The van der Waals surface area contributed by atoms with E-state index in [2.05, 4.69) is 15.3 Å². The summed E-state index contributed by atoms with van der Waals surface area (Å²) in [6.45, 7) is 0.483. The van der Waals surface area contributed by atoms with Crippen molar-refractivity contribution in [1.29, 1.82) is 0 Å². The van der Waals surface area contributed by atoms with Crippen LogP contribution in [0.4, 0.5) is 8.78 Å². The van der Waals surface area contributed by atoms with Gasteiger partial charge in [0.15, 0.2) is 0 Å². The Balaban J connectivity index is 1.49. The molecule has 0 aliphatic carbocycles. The number of aryl methyl sites for hydroxylation is 1. The van der Waals surface area contributed by atoms with Crippen molar-refractivity contribution >= 4 is 28.5 Å². The van der Waals surface area contributed by atoms with Gasteiger partial charge in [-0.1, -0.05) is 11.6 Å². The summed E-state index contributed by atoms with van der Waals surface area (Å²) in [7, 11) is 0. The van der Waals surface area contributed by atoms with E-state index in [9.17, 15) is 13.6 Å². The number of rotatable bonds is 7. The Labute approximate surface area is 210 Å².